The summed E-state index contributed by atoms with van der Waals surface area (Å²) >= 11 is 0. The highest BCUT2D eigenvalue weighted by Gasteiger charge is 2.20. The van der Waals surface area contributed by atoms with Gasteiger partial charge in [-0.05, 0) is 32.8 Å². The highest BCUT2D eigenvalue weighted by molar-refractivity contribution is 5.37. The number of rotatable bonds is 6. The van der Waals surface area contributed by atoms with Gasteiger partial charge in [0.1, 0.15) is 23.7 Å². The molecular formula is C15H19N3O2. The maximum absolute atomic E-state index is 5.87. The molecule has 106 valence electrons. The van der Waals surface area contributed by atoms with E-state index in [0.717, 1.165) is 23.7 Å². The van der Waals surface area contributed by atoms with Crippen LogP contribution in [0.4, 0.5) is 0 Å². The standard InChI is InChI=1S/C15H19N3O2/c1-10-3-6-15(12(7-10)8-16-13-4-5-13)19-9-14-11(2)17-20-18-14/h3,6-7,13,16H,4-5,8-9H2,1-2H3. The number of ether oxygens (including phenoxy) is 1. The first-order chi connectivity index (χ1) is 9.72. The monoisotopic (exact) mass is 273 g/mol. The van der Waals surface area contributed by atoms with Crippen LogP contribution in [0.2, 0.25) is 0 Å². The molecule has 0 atom stereocenters. The summed E-state index contributed by atoms with van der Waals surface area (Å²) in [6.07, 6.45) is 2.57. The minimum Gasteiger partial charge on any atom is -0.487 e. The summed E-state index contributed by atoms with van der Waals surface area (Å²) < 4.78 is 10.5. The van der Waals surface area contributed by atoms with Gasteiger partial charge in [0.25, 0.3) is 0 Å². The molecule has 2 aromatic rings. The first-order valence-corrected chi connectivity index (χ1v) is 6.96. The van der Waals surface area contributed by atoms with Crippen LogP contribution in [0, 0.1) is 13.8 Å². The number of hydrogen-bond donors (Lipinski definition) is 1. The van der Waals surface area contributed by atoms with Gasteiger partial charge in [-0.2, -0.15) is 0 Å². The Labute approximate surface area is 118 Å². The number of aromatic nitrogens is 2. The topological polar surface area (TPSA) is 60.2 Å². The third kappa shape index (κ3) is 3.17. The van der Waals surface area contributed by atoms with Crippen molar-refractivity contribution in [3.8, 4) is 5.75 Å². The Bertz CT molecular complexity index is 591. The molecule has 0 unspecified atom stereocenters. The Hall–Kier alpha value is -1.88. The number of aryl methyl sites for hydroxylation is 2. The van der Waals surface area contributed by atoms with Crippen molar-refractivity contribution in [1.29, 1.82) is 0 Å². The Kier molecular flexibility index (Phi) is 3.69. The molecule has 1 fully saturated rings. The van der Waals surface area contributed by atoms with Gasteiger partial charge in [0, 0.05) is 18.2 Å². The minimum absolute atomic E-state index is 0.384. The molecule has 1 aliphatic carbocycles. The highest BCUT2D eigenvalue weighted by atomic mass is 16.6. The molecule has 20 heavy (non-hydrogen) atoms. The van der Waals surface area contributed by atoms with E-state index >= 15 is 0 Å². The zero-order valence-electron chi connectivity index (χ0n) is 11.8. The first kappa shape index (κ1) is 13.1. The van der Waals surface area contributed by atoms with Crippen LogP contribution in [0.1, 0.15) is 35.4 Å². The van der Waals surface area contributed by atoms with E-state index in [9.17, 15) is 0 Å². The smallest absolute Gasteiger partial charge is 0.145 e. The van der Waals surface area contributed by atoms with E-state index in [4.69, 9.17) is 4.74 Å². The molecule has 5 heteroatoms. The maximum Gasteiger partial charge on any atom is 0.145 e. The van der Waals surface area contributed by atoms with Gasteiger partial charge in [0.05, 0.1) is 0 Å². The summed E-state index contributed by atoms with van der Waals surface area (Å²) in [5, 5.41) is 11.1. The van der Waals surface area contributed by atoms with Gasteiger partial charge < -0.3 is 10.1 Å². The van der Waals surface area contributed by atoms with Crippen molar-refractivity contribution in [3.05, 3.63) is 40.7 Å². The molecule has 1 saturated carbocycles. The van der Waals surface area contributed by atoms with Crippen molar-refractivity contribution in [1.82, 2.24) is 15.6 Å². The minimum atomic E-state index is 0.384. The molecule has 0 saturated heterocycles. The molecule has 5 nitrogen and oxygen atoms in total. The SMILES string of the molecule is Cc1ccc(OCc2nonc2C)c(CNC2CC2)c1. The lowest BCUT2D eigenvalue weighted by molar-refractivity contribution is 0.268. The van der Waals surface area contributed by atoms with Crippen molar-refractivity contribution in [2.75, 3.05) is 0 Å². The summed E-state index contributed by atoms with van der Waals surface area (Å²) in [6, 6.07) is 6.93. The number of benzene rings is 1. The van der Waals surface area contributed by atoms with E-state index in [1.165, 1.54) is 24.0 Å². The molecule has 1 aromatic carbocycles. The molecule has 1 N–H and O–H groups in total. The van der Waals surface area contributed by atoms with Crippen molar-refractivity contribution in [3.63, 3.8) is 0 Å². The number of nitrogens with one attached hydrogen (secondary N) is 1. The van der Waals surface area contributed by atoms with E-state index in [0.29, 0.717) is 12.6 Å². The maximum atomic E-state index is 5.87. The molecular weight excluding hydrogens is 254 g/mol. The normalized spacial score (nSPS) is 14.5. The molecule has 1 aliphatic rings. The van der Waals surface area contributed by atoms with Crippen molar-refractivity contribution >= 4 is 0 Å². The van der Waals surface area contributed by atoms with E-state index in [1.54, 1.807) is 0 Å². The van der Waals surface area contributed by atoms with Crippen LogP contribution in [0.5, 0.6) is 5.75 Å². The van der Waals surface area contributed by atoms with Gasteiger partial charge in [-0.25, -0.2) is 4.63 Å². The third-order valence-corrected chi connectivity index (χ3v) is 3.49. The first-order valence-electron chi connectivity index (χ1n) is 6.96. The quantitative estimate of drug-likeness (QED) is 0.876. The fourth-order valence-corrected chi connectivity index (χ4v) is 2.06. The fourth-order valence-electron chi connectivity index (χ4n) is 2.06. The molecule has 0 radical (unpaired) electrons. The summed E-state index contributed by atoms with van der Waals surface area (Å²) in [6.45, 7) is 5.18. The van der Waals surface area contributed by atoms with Crippen molar-refractivity contribution in [2.24, 2.45) is 0 Å². The van der Waals surface area contributed by atoms with E-state index in [1.807, 2.05) is 13.0 Å². The van der Waals surface area contributed by atoms with Crippen LogP contribution in [0.3, 0.4) is 0 Å². The summed E-state index contributed by atoms with van der Waals surface area (Å²) in [5.74, 6) is 0.895. The number of nitrogens with zero attached hydrogens (tertiary/aromatic N) is 2. The Morgan fingerprint density at radius 2 is 2.15 bits per heavy atom. The molecule has 1 heterocycles. The zero-order chi connectivity index (χ0) is 13.9. The third-order valence-electron chi connectivity index (χ3n) is 3.49. The summed E-state index contributed by atoms with van der Waals surface area (Å²) in [4.78, 5) is 0. The molecule has 0 amide bonds. The van der Waals surface area contributed by atoms with Crippen LogP contribution in [0.15, 0.2) is 22.8 Å². The second kappa shape index (κ2) is 5.63. The van der Waals surface area contributed by atoms with Crippen molar-refractivity contribution in [2.45, 2.75) is 45.9 Å². The largest absolute Gasteiger partial charge is 0.487 e. The van der Waals surface area contributed by atoms with E-state index in [-0.39, 0.29) is 0 Å². The second-order valence-electron chi connectivity index (χ2n) is 5.35. The number of hydrogen-bond acceptors (Lipinski definition) is 5. The lowest BCUT2D eigenvalue weighted by Crippen LogP contribution is -2.16. The van der Waals surface area contributed by atoms with Gasteiger partial charge in [-0.1, -0.05) is 28.0 Å². The second-order valence-corrected chi connectivity index (χ2v) is 5.35. The Morgan fingerprint density at radius 3 is 2.85 bits per heavy atom. The van der Waals surface area contributed by atoms with Gasteiger partial charge in [0.15, 0.2) is 0 Å². The Balaban J connectivity index is 1.68. The van der Waals surface area contributed by atoms with E-state index < -0.39 is 0 Å². The van der Waals surface area contributed by atoms with Gasteiger partial charge in [-0.15, -0.1) is 0 Å². The average Bonchev–Trinajstić information content (AvgIpc) is 3.18. The lowest BCUT2D eigenvalue weighted by atomic mass is 10.1. The van der Waals surface area contributed by atoms with Crippen LogP contribution in [-0.4, -0.2) is 16.4 Å². The molecule has 1 aromatic heterocycles. The van der Waals surface area contributed by atoms with Crippen LogP contribution in [-0.2, 0) is 13.2 Å². The van der Waals surface area contributed by atoms with Gasteiger partial charge >= 0.3 is 0 Å². The predicted octanol–water partition coefficient (Wildman–Crippen LogP) is 2.52. The lowest BCUT2D eigenvalue weighted by Gasteiger charge is -2.12. The molecule has 0 spiro atoms. The van der Waals surface area contributed by atoms with Crippen LogP contribution in [0.25, 0.3) is 0 Å². The molecule has 0 aliphatic heterocycles. The van der Waals surface area contributed by atoms with E-state index in [2.05, 4.69) is 39.3 Å². The van der Waals surface area contributed by atoms with Gasteiger partial charge in [0.2, 0.25) is 0 Å². The molecule has 0 bridgehead atoms. The highest BCUT2D eigenvalue weighted by Crippen LogP contribution is 2.24. The summed E-state index contributed by atoms with van der Waals surface area (Å²) in [7, 11) is 0. The molecule has 3 rings (SSSR count). The fraction of sp³-hybridized carbons (Fsp3) is 0.467. The van der Waals surface area contributed by atoms with Crippen molar-refractivity contribution < 1.29 is 9.37 Å². The Morgan fingerprint density at radius 1 is 1.30 bits per heavy atom. The predicted molar refractivity (Wildman–Crippen MR) is 74.4 cm³/mol. The zero-order valence-corrected chi connectivity index (χ0v) is 11.8. The summed E-state index contributed by atoms with van der Waals surface area (Å²) in [5.41, 5.74) is 3.94. The van der Waals surface area contributed by atoms with Gasteiger partial charge in [-0.3, -0.25) is 0 Å². The average molecular weight is 273 g/mol. The van der Waals surface area contributed by atoms with Crippen LogP contribution < -0.4 is 10.1 Å². The van der Waals surface area contributed by atoms with Crippen LogP contribution >= 0.6 is 0 Å².